The molecule has 33 heavy (non-hydrogen) atoms. The number of aromatic nitrogens is 1. The number of benzene rings is 1. The Labute approximate surface area is 199 Å². The molecule has 2 N–H and O–H groups in total. The Morgan fingerprint density at radius 2 is 1.85 bits per heavy atom. The number of carbonyl (C=O) groups is 2. The number of pyridine rings is 1. The Bertz CT molecular complexity index is 1250. The molecule has 0 saturated carbocycles. The molecule has 0 aliphatic carbocycles. The summed E-state index contributed by atoms with van der Waals surface area (Å²) in [6, 6.07) is 9.75. The number of halogens is 1. The van der Waals surface area contributed by atoms with Gasteiger partial charge in [0.05, 0.1) is 23.4 Å². The lowest BCUT2D eigenvalue weighted by Gasteiger charge is -2.19. The first-order chi connectivity index (χ1) is 15.8. The summed E-state index contributed by atoms with van der Waals surface area (Å²) in [6.07, 6.45) is 3.15. The predicted molar refractivity (Wildman–Crippen MR) is 124 cm³/mol. The molecule has 3 aromatic rings. The van der Waals surface area contributed by atoms with Crippen molar-refractivity contribution in [3.8, 4) is 16.9 Å². The Morgan fingerprint density at radius 3 is 2.45 bits per heavy atom. The zero-order chi connectivity index (χ0) is 24.0. The molecule has 0 aliphatic rings. The van der Waals surface area contributed by atoms with E-state index in [2.05, 4.69) is 15.0 Å². The van der Waals surface area contributed by atoms with E-state index in [4.69, 9.17) is 21.1 Å². The van der Waals surface area contributed by atoms with Crippen LogP contribution in [0.5, 0.6) is 5.75 Å². The topological polar surface area (TPSA) is 124 Å². The van der Waals surface area contributed by atoms with Gasteiger partial charge < -0.3 is 14.8 Å². The number of thiophene rings is 1. The van der Waals surface area contributed by atoms with E-state index in [1.54, 1.807) is 42.7 Å². The average molecular weight is 510 g/mol. The number of nitrogens with zero attached hydrogens (tertiary/aromatic N) is 1. The van der Waals surface area contributed by atoms with Crippen LogP contribution in [-0.2, 0) is 19.6 Å². The third-order valence-electron chi connectivity index (χ3n) is 4.51. The van der Waals surface area contributed by atoms with Crippen LogP contribution < -0.4 is 14.8 Å². The fraction of sp³-hybridized carbons (Fsp3) is 0.190. The normalized spacial score (nSPS) is 12.1. The van der Waals surface area contributed by atoms with Crippen molar-refractivity contribution in [2.45, 2.75) is 10.9 Å². The first-order valence-corrected chi connectivity index (χ1v) is 12.2. The quantitative estimate of drug-likeness (QED) is 0.425. The maximum absolute atomic E-state index is 13.2. The summed E-state index contributed by atoms with van der Waals surface area (Å²) in [4.78, 5) is 28.7. The second-order valence-electron chi connectivity index (χ2n) is 6.58. The van der Waals surface area contributed by atoms with Crippen LogP contribution in [0.3, 0.4) is 0 Å². The summed E-state index contributed by atoms with van der Waals surface area (Å²) >= 11 is 6.89. The van der Waals surface area contributed by atoms with E-state index >= 15 is 0 Å². The summed E-state index contributed by atoms with van der Waals surface area (Å²) in [5.41, 5.74) is 1.23. The largest absolute Gasteiger partial charge is 0.495 e. The molecule has 12 heteroatoms. The van der Waals surface area contributed by atoms with Crippen LogP contribution in [0.15, 0.2) is 59.8 Å². The fourth-order valence-corrected chi connectivity index (χ4v) is 5.32. The van der Waals surface area contributed by atoms with Crippen LogP contribution >= 0.6 is 22.9 Å². The van der Waals surface area contributed by atoms with Gasteiger partial charge in [-0.3, -0.25) is 14.6 Å². The van der Waals surface area contributed by atoms with E-state index < -0.39 is 27.9 Å². The van der Waals surface area contributed by atoms with E-state index in [0.29, 0.717) is 20.3 Å². The van der Waals surface area contributed by atoms with E-state index in [9.17, 15) is 18.0 Å². The highest BCUT2D eigenvalue weighted by Crippen LogP contribution is 2.35. The average Bonchev–Trinajstić information content (AvgIpc) is 3.27. The van der Waals surface area contributed by atoms with Crippen LogP contribution in [0.4, 0.5) is 0 Å². The molecule has 0 spiro atoms. The molecular weight excluding hydrogens is 490 g/mol. The summed E-state index contributed by atoms with van der Waals surface area (Å²) in [7, 11) is -1.79. The number of hydrogen-bond acceptors (Lipinski definition) is 8. The third kappa shape index (κ3) is 5.88. The van der Waals surface area contributed by atoms with Gasteiger partial charge in [0.1, 0.15) is 16.7 Å². The van der Waals surface area contributed by atoms with Gasteiger partial charge in [0.25, 0.3) is 5.91 Å². The van der Waals surface area contributed by atoms with Gasteiger partial charge in [0.2, 0.25) is 10.0 Å². The Kier molecular flexibility index (Phi) is 8.03. The van der Waals surface area contributed by atoms with Crippen LogP contribution in [0.25, 0.3) is 11.1 Å². The van der Waals surface area contributed by atoms with E-state index in [1.165, 1.54) is 19.2 Å². The molecule has 2 aromatic heterocycles. The highest BCUT2D eigenvalue weighted by atomic mass is 35.5. The molecule has 1 atom stereocenters. The molecule has 1 unspecified atom stereocenters. The van der Waals surface area contributed by atoms with Crippen molar-refractivity contribution in [2.75, 3.05) is 20.8 Å². The van der Waals surface area contributed by atoms with E-state index in [1.807, 2.05) is 0 Å². The second kappa shape index (κ2) is 10.8. The van der Waals surface area contributed by atoms with Gasteiger partial charge in [-0.1, -0.05) is 23.7 Å². The first-order valence-electron chi connectivity index (χ1n) is 9.48. The lowest BCUT2D eigenvalue weighted by atomic mass is 10.1. The molecule has 2 heterocycles. The lowest BCUT2D eigenvalue weighted by molar-refractivity contribution is -0.142. The number of methoxy groups -OCH3 is 2. The van der Waals surface area contributed by atoms with Crippen molar-refractivity contribution in [3.05, 3.63) is 64.1 Å². The Balaban J connectivity index is 1.87. The molecule has 0 fully saturated rings. The van der Waals surface area contributed by atoms with Gasteiger partial charge >= 0.3 is 5.97 Å². The minimum atomic E-state index is -4.26. The monoisotopic (exact) mass is 509 g/mol. The molecule has 0 radical (unpaired) electrons. The maximum Gasteiger partial charge on any atom is 0.325 e. The van der Waals surface area contributed by atoms with Gasteiger partial charge in [-0.2, -0.15) is 4.72 Å². The molecular formula is C21H20ClN3O6S2. The zero-order valence-electron chi connectivity index (χ0n) is 17.6. The molecule has 174 valence electrons. The standard InChI is InChI=1S/C21H20ClN3O6S2/c1-30-19-14(13-8-10-23-11-9-13)4-3-5-17(19)33(28,29)25-15(21(27)31-2)12-24-20(26)16-6-7-18(22)32-16/h3-11,15,25H,12H2,1-2H3,(H,24,26). The van der Waals surface area contributed by atoms with Crippen LogP contribution in [-0.4, -0.2) is 52.1 Å². The molecule has 1 amide bonds. The van der Waals surface area contributed by atoms with Crippen molar-refractivity contribution >= 4 is 44.8 Å². The number of ether oxygens (including phenoxy) is 2. The maximum atomic E-state index is 13.2. The molecule has 1 aromatic carbocycles. The van der Waals surface area contributed by atoms with Crippen molar-refractivity contribution in [1.82, 2.24) is 15.0 Å². The smallest absolute Gasteiger partial charge is 0.325 e. The Hall–Kier alpha value is -2.99. The van der Waals surface area contributed by atoms with E-state index in [0.717, 1.165) is 18.4 Å². The number of nitrogens with one attached hydrogen (secondary N) is 2. The number of carbonyl (C=O) groups excluding carboxylic acids is 2. The van der Waals surface area contributed by atoms with Crippen molar-refractivity contribution < 1.29 is 27.5 Å². The highest BCUT2D eigenvalue weighted by Gasteiger charge is 2.30. The predicted octanol–water partition coefficient (Wildman–Crippen LogP) is 2.72. The fourth-order valence-electron chi connectivity index (χ4n) is 2.98. The van der Waals surface area contributed by atoms with E-state index in [-0.39, 0.29) is 17.2 Å². The summed E-state index contributed by atoms with van der Waals surface area (Å²) in [5, 5.41) is 2.51. The second-order valence-corrected chi connectivity index (χ2v) is 9.98. The van der Waals surface area contributed by atoms with Crippen LogP contribution in [0, 0.1) is 0 Å². The van der Waals surface area contributed by atoms with Crippen molar-refractivity contribution in [3.63, 3.8) is 0 Å². The number of hydrogen-bond donors (Lipinski definition) is 2. The zero-order valence-corrected chi connectivity index (χ0v) is 20.0. The number of amides is 1. The third-order valence-corrected chi connectivity index (χ3v) is 7.24. The summed E-state index contributed by atoms with van der Waals surface area (Å²) < 4.78 is 39.2. The number of esters is 1. The lowest BCUT2D eigenvalue weighted by Crippen LogP contribution is -2.48. The number of para-hydroxylation sites is 1. The molecule has 0 bridgehead atoms. The SMILES string of the molecule is COC(=O)C(CNC(=O)c1ccc(Cl)s1)NS(=O)(=O)c1cccc(-c2ccncc2)c1OC. The minimum absolute atomic E-state index is 0.0945. The van der Waals surface area contributed by atoms with Gasteiger partial charge in [-0.25, -0.2) is 8.42 Å². The minimum Gasteiger partial charge on any atom is -0.495 e. The first kappa shape index (κ1) is 24.6. The molecule has 0 aliphatic heterocycles. The summed E-state index contributed by atoms with van der Waals surface area (Å²) in [5.74, 6) is -1.28. The van der Waals surface area contributed by atoms with Crippen LogP contribution in [0.1, 0.15) is 9.67 Å². The summed E-state index contributed by atoms with van der Waals surface area (Å²) in [6.45, 7) is -0.341. The molecule has 0 saturated heterocycles. The highest BCUT2D eigenvalue weighted by molar-refractivity contribution is 7.89. The number of rotatable bonds is 9. The van der Waals surface area contributed by atoms with Gasteiger partial charge in [0, 0.05) is 24.5 Å². The number of sulfonamides is 1. The Morgan fingerprint density at radius 1 is 1.12 bits per heavy atom. The van der Waals surface area contributed by atoms with Gasteiger partial charge in [-0.05, 0) is 35.9 Å². The molecule has 3 rings (SSSR count). The van der Waals surface area contributed by atoms with Crippen LogP contribution in [0.2, 0.25) is 4.34 Å². The van der Waals surface area contributed by atoms with Crippen molar-refractivity contribution in [2.24, 2.45) is 0 Å². The van der Waals surface area contributed by atoms with Gasteiger partial charge in [0.15, 0.2) is 0 Å². The van der Waals surface area contributed by atoms with Crippen molar-refractivity contribution in [1.29, 1.82) is 0 Å². The molecule has 9 nitrogen and oxygen atoms in total. The van der Waals surface area contributed by atoms with Gasteiger partial charge in [-0.15, -0.1) is 11.3 Å².